The number of carbonyl (C=O) groups excluding carboxylic acids is 1. The zero-order valence-electron chi connectivity index (χ0n) is 13.4. The van der Waals surface area contributed by atoms with Crippen LogP contribution in [-0.2, 0) is 17.5 Å². The van der Waals surface area contributed by atoms with E-state index in [9.17, 15) is 18.0 Å². The fourth-order valence-corrected chi connectivity index (χ4v) is 2.38. The van der Waals surface area contributed by atoms with Crippen molar-refractivity contribution in [2.45, 2.75) is 39.0 Å². The maximum absolute atomic E-state index is 12.9. The summed E-state index contributed by atoms with van der Waals surface area (Å²) in [5, 5.41) is 6.63. The topological polar surface area (TPSA) is 59.8 Å². The minimum atomic E-state index is -4.41. The van der Waals surface area contributed by atoms with Gasteiger partial charge in [-0.15, -0.1) is 0 Å². The van der Waals surface area contributed by atoms with Crippen LogP contribution in [0.1, 0.15) is 37.4 Å². The highest BCUT2D eigenvalue weighted by Gasteiger charge is 2.31. The molecule has 0 fully saturated rings. The predicted octanol–water partition coefficient (Wildman–Crippen LogP) is 3.20. The minimum Gasteiger partial charge on any atom is -0.348 e. The predicted molar refractivity (Wildman–Crippen MR) is 81.8 cm³/mol. The van der Waals surface area contributed by atoms with Crippen molar-refractivity contribution in [1.29, 1.82) is 0 Å². The van der Waals surface area contributed by atoms with Gasteiger partial charge in [0.05, 0.1) is 11.6 Å². The molecule has 1 aromatic carbocycles. The van der Waals surface area contributed by atoms with E-state index in [2.05, 4.69) is 15.4 Å². The number of rotatable bonds is 6. The zero-order valence-corrected chi connectivity index (χ0v) is 13.4. The van der Waals surface area contributed by atoms with Crippen molar-refractivity contribution < 1.29 is 18.0 Å². The second-order valence-electron chi connectivity index (χ2n) is 5.97. The van der Waals surface area contributed by atoms with Gasteiger partial charge in [0.1, 0.15) is 19.2 Å². The van der Waals surface area contributed by atoms with E-state index in [1.807, 2.05) is 13.8 Å². The third kappa shape index (κ3) is 5.07. The van der Waals surface area contributed by atoms with E-state index >= 15 is 0 Å². The number of carbonyl (C=O) groups is 1. The Morgan fingerprint density at radius 3 is 2.67 bits per heavy atom. The molecular formula is C16H19F3N4O. The third-order valence-corrected chi connectivity index (χ3v) is 3.43. The molecule has 0 saturated carbocycles. The molecule has 0 aliphatic rings. The highest BCUT2D eigenvalue weighted by atomic mass is 19.4. The number of aromatic nitrogens is 3. The fourth-order valence-electron chi connectivity index (χ4n) is 2.38. The first-order valence-corrected chi connectivity index (χ1v) is 7.54. The Bertz CT molecular complexity index is 668. The molecule has 8 heteroatoms. The third-order valence-electron chi connectivity index (χ3n) is 3.43. The quantitative estimate of drug-likeness (QED) is 0.878. The smallest absolute Gasteiger partial charge is 0.348 e. The molecule has 2 rings (SSSR count). The molecule has 0 radical (unpaired) electrons. The van der Waals surface area contributed by atoms with Gasteiger partial charge < -0.3 is 5.32 Å². The number of nitrogens with zero attached hydrogens (tertiary/aromatic N) is 3. The van der Waals surface area contributed by atoms with Crippen molar-refractivity contribution in [3.63, 3.8) is 0 Å². The summed E-state index contributed by atoms with van der Waals surface area (Å²) in [5.74, 6) is -0.125. The molecule has 1 amide bonds. The van der Waals surface area contributed by atoms with Crippen LogP contribution in [0.4, 0.5) is 13.2 Å². The van der Waals surface area contributed by atoms with E-state index in [0.717, 1.165) is 12.1 Å². The summed E-state index contributed by atoms with van der Waals surface area (Å²) in [4.78, 5) is 15.9. The molecule has 1 aromatic heterocycles. The summed E-state index contributed by atoms with van der Waals surface area (Å²) >= 11 is 0. The average Bonchev–Trinajstić information content (AvgIpc) is 2.98. The van der Waals surface area contributed by atoms with Crippen molar-refractivity contribution in [2.75, 3.05) is 0 Å². The summed E-state index contributed by atoms with van der Waals surface area (Å²) in [6.07, 6.45) is -1.17. The average molecular weight is 340 g/mol. The van der Waals surface area contributed by atoms with Gasteiger partial charge in [-0.1, -0.05) is 26.0 Å². The van der Waals surface area contributed by atoms with Crippen molar-refractivity contribution in [1.82, 2.24) is 20.1 Å². The van der Waals surface area contributed by atoms with Gasteiger partial charge in [-0.3, -0.25) is 4.79 Å². The van der Waals surface area contributed by atoms with Crippen LogP contribution < -0.4 is 5.32 Å². The number of nitrogens with one attached hydrogen (secondary N) is 1. The van der Waals surface area contributed by atoms with Gasteiger partial charge in [0.25, 0.3) is 0 Å². The van der Waals surface area contributed by atoms with Crippen LogP contribution in [0.2, 0.25) is 0 Å². The Balaban J connectivity index is 2.17. The Morgan fingerprint density at radius 2 is 2.08 bits per heavy atom. The summed E-state index contributed by atoms with van der Waals surface area (Å²) in [6, 6.07) is 4.56. The standard InChI is InChI=1S/C16H19F3N4O/c1-11(2)6-14(22-15(24)8-23-10-20-9-21-23)12-4-3-5-13(7-12)16(17,18)19/h3-5,7,9-11,14H,6,8H2,1-2H3,(H,22,24). The summed E-state index contributed by atoms with van der Waals surface area (Å²) in [6.45, 7) is 3.86. The summed E-state index contributed by atoms with van der Waals surface area (Å²) in [5.41, 5.74) is -0.287. The molecule has 0 spiro atoms. The lowest BCUT2D eigenvalue weighted by atomic mass is 9.95. The molecule has 1 unspecified atom stereocenters. The van der Waals surface area contributed by atoms with E-state index in [1.54, 1.807) is 6.07 Å². The second-order valence-corrected chi connectivity index (χ2v) is 5.97. The Kier molecular flexibility index (Phi) is 5.58. The van der Waals surface area contributed by atoms with Crippen LogP contribution >= 0.6 is 0 Å². The molecule has 0 bridgehead atoms. The Labute approximate surface area is 137 Å². The lowest BCUT2D eigenvalue weighted by molar-refractivity contribution is -0.137. The first kappa shape index (κ1) is 18.0. The van der Waals surface area contributed by atoms with Gasteiger partial charge >= 0.3 is 6.18 Å². The first-order valence-electron chi connectivity index (χ1n) is 7.54. The largest absolute Gasteiger partial charge is 0.416 e. The van der Waals surface area contributed by atoms with E-state index < -0.39 is 17.8 Å². The molecule has 24 heavy (non-hydrogen) atoms. The molecule has 130 valence electrons. The van der Waals surface area contributed by atoms with Crippen LogP contribution in [0, 0.1) is 5.92 Å². The molecule has 0 aliphatic heterocycles. The van der Waals surface area contributed by atoms with Crippen molar-refractivity contribution in [3.8, 4) is 0 Å². The molecule has 0 saturated heterocycles. The van der Waals surface area contributed by atoms with Gasteiger partial charge in [0, 0.05) is 0 Å². The van der Waals surface area contributed by atoms with Crippen molar-refractivity contribution >= 4 is 5.91 Å². The van der Waals surface area contributed by atoms with Crippen LogP contribution in [0.25, 0.3) is 0 Å². The lowest BCUT2D eigenvalue weighted by Crippen LogP contribution is -2.32. The van der Waals surface area contributed by atoms with Crippen LogP contribution in [-0.4, -0.2) is 20.7 Å². The molecule has 5 nitrogen and oxygen atoms in total. The zero-order chi connectivity index (χ0) is 17.7. The van der Waals surface area contributed by atoms with Crippen LogP contribution in [0.15, 0.2) is 36.9 Å². The number of hydrogen-bond donors (Lipinski definition) is 1. The van der Waals surface area contributed by atoms with Gasteiger partial charge in [-0.2, -0.15) is 18.3 Å². The number of hydrogen-bond acceptors (Lipinski definition) is 3. The van der Waals surface area contributed by atoms with E-state index in [-0.39, 0.29) is 18.4 Å². The Hall–Kier alpha value is -2.38. The molecule has 1 N–H and O–H groups in total. The SMILES string of the molecule is CC(C)CC(NC(=O)Cn1cncn1)c1cccc(C(F)(F)F)c1. The molecule has 0 aliphatic carbocycles. The summed E-state index contributed by atoms with van der Waals surface area (Å²) in [7, 11) is 0. The number of benzene rings is 1. The molecule has 1 heterocycles. The fraction of sp³-hybridized carbons (Fsp3) is 0.438. The number of halogens is 3. The lowest BCUT2D eigenvalue weighted by Gasteiger charge is -2.22. The maximum atomic E-state index is 12.9. The number of alkyl halides is 3. The van der Waals surface area contributed by atoms with Crippen molar-refractivity contribution in [2.24, 2.45) is 5.92 Å². The first-order chi connectivity index (χ1) is 11.3. The van der Waals surface area contributed by atoms with Crippen LogP contribution in [0.5, 0.6) is 0 Å². The minimum absolute atomic E-state index is 0.0342. The van der Waals surface area contributed by atoms with Gasteiger partial charge in [-0.25, -0.2) is 9.67 Å². The van der Waals surface area contributed by atoms with E-state index in [1.165, 1.54) is 23.4 Å². The molecule has 2 aromatic rings. The van der Waals surface area contributed by atoms with Gasteiger partial charge in [0.15, 0.2) is 0 Å². The molecule has 1 atom stereocenters. The van der Waals surface area contributed by atoms with Crippen molar-refractivity contribution in [3.05, 3.63) is 48.0 Å². The normalized spacial score (nSPS) is 13.1. The summed E-state index contributed by atoms with van der Waals surface area (Å²) < 4.78 is 40.1. The number of amides is 1. The van der Waals surface area contributed by atoms with Gasteiger partial charge in [-0.05, 0) is 30.0 Å². The highest BCUT2D eigenvalue weighted by molar-refractivity contribution is 5.76. The van der Waals surface area contributed by atoms with E-state index in [0.29, 0.717) is 12.0 Å². The van der Waals surface area contributed by atoms with E-state index in [4.69, 9.17) is 0 Å². The maximum Gasteiger partial charge on any atom is 0.416 e. The van der Waals surface area contributed by atoms with Crippen LogP contribution in [0.3, 0.4) is 0 Å². The highest BCUT2D eigenvalue weighted by Crippen LogP contribution is 2.32. The van der Waals surface area contributed by atoms with Gasteiger partial charge in [0.2, 0.25) is 5.91 Å². The Morgan fingerprint density at radius 1 is 1.33 bits per heavy atom. The second kappa shape index (κ2) is 7.46. The monoisotopic (exact) mass is 340 g/mol. The molecular weight excluding hydrogens is 321 g/mol.